The van der Waals surface area contributed by atoms with Gasteiger partial charge in [0.1, 0.15) is 0 Å². The van der Waals surface area contributed by atoms with Crippen LogP contribution in [0.1, 0.15) is 0 Å². The van der Waals surface area contributed by atoms with Gasteiger partial charge in [-0.3, -0.25) is 32.2 Å². The molecule has 9 aromatic carbocycles. The summed E-state index contributed by atoms with van der Waals surface area (Å²) in [5, 5.41) is 0. The van der Waals surface area contributed by atoms with Crippen molar-refractivity contribution in [2.45, 2.75) is 29.4 Å². The maximum atomic E-state index is 12.9. The van der Waals surface area contributed by atoms with Crippen LogP contribution in [0.5, 0.6) is 34.5 Å². The molecule has 13 rings (SSSR count). The third-order valence-electron chi connectivity index (χ3n) is 14.2. The van der Waals surface area contributed by atoms with Crippen molar-refractivity contribution in [1.29, 1.82) is 0 Å². The standard InChI is InChI=1S/C57H36N6O21S6/c64-85(65,66)34-11-17-40-48(25-34)82-49-26-35(86(67,68)69)12-18-41(49)61(40)46-23-33(57-59-55(31-7-3-1-4-8-31)58-56(60-57)32-9-5-2-6-10-32)24-47(62-42-19-13-36(87(70,71)72)27-50(42)83-51-28-37(88(73,74)75)14-20-43(51)62)54(46)63-44-21-15-38(89(76,77)78)29-52(44)84-53-30-39(90(79,80)81)16-22-45(53)63/h1-30H,(H,64,65,66)(H,67,68,69)(H,70,71,72)(H,73,74,75)(H,76,77,78)(H,79,80,81). The quantitative estimate of drug-likeness (QED) is 0.0619. The molecule has 90 heavy (non-hydrogen) atoms. The fourth-order valence-corrected chi connectivity index (χ4v) is 13.2. The lowest BCUT2D eigenvalue weighted by molar-refractivity contribution is 0.462. The molecule has 27 nitrogen and oxygen atoms in total. The highest BCUT2D eigenvalue weighted by Crippen LogP contribution is 2.64. The lowest BCUT2D eigenvalue weighted by Crippen LogP contribution is -2.25. The molecule has 1 aromatic heterocycles. The predicted molar refractivity (Wildman–Crippen MR) is 319 cm³/mol. The first-order valence-corrected chi connectivity index (χ1v) is 34.2. The van der Waals surface area contributed by atoms with Crippen LogP contribution >= 0.6 is 0 Å². The number of fused-ring (bicyclic) bond motifs is 6. The fraction of sp³-hybridized carbons (Fsp3) is 0. The van der Waals surface area contributed by atoms with Crippen LogP contribution in [0.4, 0.5) is 51.2 Å². The molecule has 0 saturated heterocycles. The Balaban J connectivity index is 1.26. The smallest absolute Gasteiger partial charge is 0.294 e. The topological polar surface area (TPSA) is 402 Å². The highest BCUT2D eigenvalue weighted by molar-refractivity contribution is 7.87. The van der Waals surface area contributed by atoms with Gasteiger partial charge in [0.05, 0.1) is 80.6 Å². The number of ether oxygens (including phenoxy) is 3. The van der Waals surface area contributed by atoms with E-state index in [4.69, 9.17) is 29.2 Å². The first-order chi connectivity index (χ1) is 42.4. The highest BCUT2D eigenvalue weighted by Gasteiger charge is 2.41. The number of benzene rings is 9. The van der Waals surface area contributed by atoms with Crippen molar-refractivity contribution in [3.05, 3.63) is 182 Å². The maximum Gasteiger partial charge on any atom is 0.294 e. The Hall–Kier alpha value is -9.75. The van der Waals surface area contributed by atoms with Crippen LogP contribution in [-0.4, -0.2) is 92.8 Å². The predicted octanol–water partition coefficient (Wildman–Crippen LogP) is 11.1. The van der Waals surface area contributed by atoms with Gasteiger partial charge in [0, 0.05) is 53.1 Å². The second kappa shape index (κ2) is 20.9. The minimum Gasteiger partial charge on any atom is -0.453 e. The molecule has 0 bridgehead atoms. The van der Waals surface area contributed by atoms with E-state index in [9.17, 15) is 77.8 Å². The second-order valence-corrected chi connectivity index (χ2v) is 28.4. The Kier molecular flexibility index (Phi) is 13.8. The lowest BCUT2D eigenvalue weighted by atomic mass is 10.0. The van der Waals surface area contributed by atoms with Gasteiger partial charge in [0.15, 0.2) is 52.0 Å². The van der Waals surface area contributed by atoms with E-state index in [1.165, 1.54) is 63.2 Å². The fourth-order valence-electron chi connectivity index (χ4n) is 10.3. The van der Waals surface area contributed by atoms with Crippen LogP contribution in [0.3, 0.4) is 0 Å². The zero-order chi connectivity index (χ0) is 63.8. The van der Waals surface area contributed by atoms with Crippen LogP contribution in [0, 0.1) is 0 Å². The summed E-state index contributed by atoms with van der Waals surface area (Å²) in [6.07, 6.45) is 0. The van der Waals surface area contributed by atoms with Crippen molar-refractivity contribution in [3.8, 4) is 68.7 Å². The van der Waals surface area contributed by atoms with E-state index in [1.54, 1.807) is 60.7 Å². The second-order valence-electron chi connectivity index (χ2n) is 19.8. The molecule has 0 radical (unpaired) electrons. The molecule has 0 unspecified atom stereocenters. The Morgan fingerprint density at radius 1 is 0.256 bits per heavy atom. The average Bonchev–Trinajstić information content (AvgIpc) is 0.713. The number of rotatable bonds is 12. The van der Waals surface area contributed by atoms with Crippen molar-refractivity contribution >= 4 is 112 Å². The Morgan fingerprint density at radius 3 is 0.711 bits per heavy atom. The summed E-state index contributed by atoms with van der Waals surface area (Å²) in [7, 11) is -30.5. The van der Waals surface area contributed by atoms with E-state index < -0.39 is 125 Å². The first-order valence-electron chi connectivity index (χ1n) is 25.6. The normalized spacial score (nSPS) is 13.7. The van der Waals surface area contributed by atoms with Crippen molar-refractivity contribution in [2.24, 2.45) is 0 Å². The summed E-state index contributed by atoms with van der Waals surface area (Å²) in [5.41, 5.74) is -0.463. The highest BCUT2D eigenvalue weighted by atomic mass is 32.2. The molecule has 33 heteroatoms. The molecule has 0 saturated carbocycles. The van der Waals surface area contributed by atoms with E-state index in [-0.39, 0.29) is 74.2 Å². The summed E-state index contributed by atoms with van der Waals surface area (Å²) in [4.78, 5) is 14.5. The molecule has 0 amide bonds. The lowest BCUT2D eigenvalue weighted by Gasteiger charge is -2.42. The Morgan fingerprint density at radius 2 is 0.478 bits per heavy atom. The third kappa shape index (κ3) is 10.8. The Labute approximate surface area is 510 Å². The summed E-state index contributed by atoms with van der Waals surface area (Å²) in [6, 6.07) is 38.4. The van der Waals surface area contributed by atoms with Gasteiger partial charge in [0.2, 0.25) is 0 Å². The van der Waals surface area contributed by atoms with Crippen LogP contribution in [0.25, 0.3) is 34.2 Å². The van der Waals surface area contributed by atoms with Gasteiger partial charge in [-0.1, -0.05) is 60.7 Å². The van der Waals surface area contributed by atoms with Crippen LogP contribution in [-0.2, 0) is 60.7 Å². The number of aromatic nitrogens is 3. The van der Waals surface area contributed by atoms with Gasteiger partial charge in [-0.05, 0) is 84.9 Å². The molecule has 0 aliphatic carbocycles. The molecule has 0 atom stereocenters. The van der Waals surface area contributed by atoms with Gasteiger partial charge < -0.3 is 24.0 Å². The zero-order valence-corrected chi connectivity index (χ0v) is 49.7. The molecule has 10 aromatic rings. The van der Waals surface area contributed by atoms with Crippen LogP contribution in [0.2, 0.25) is 0 Å². The molecule has 4 heterocycles. The van der Waals surface area contributed by atoms with Crippen molar-refractivity contribution in [2.75, 3.05) is 14.7 Å². The molecule has 3 aliphatic heterocycles. The van der Waals surface area contributed by atoms with Crippen molar-refractivity contribution in [3.63, 3.8) is 0 Å². The summed E-state index contributed by atoms with van der Waals surface area (Å²) >= 11 is 0. The van der Waals surface area contributed by atoms with Gasteiger partial charge >= 0.3 is 0 Å². The summed E-state index contributed by atoms with van der Waals surface area (Å²) < 4.78 is 237. The minimum atomic E-state index is -5.09. The number of hydrogen-bond donors (Lipinski definition) is 6. The summed E-state index contributed by atoms with van der Waals surface area (Å²) in [6.45, 7) is 0. The van der Waals surface area contributed by atoms with Crippen LogP contribution < -0.4 is 28.9 Å². The number of nitrogens with zero attached hydrogens (tertiary/aromatic N) is 6. The van der Waals surface area contributed by atoms with E-state index >= 15 is 0 Å². The maximum absolute atomic E-state index is 12.9. The molecular weight excluding hydrogens is 1300 g/mol. The Bertz CT molecular complexity index is 5010. The van der Waals surface area contributed by atoms with Crippen LogP contribution in [0.15, 0.2) is 211 Å². The van der Waals surface area contributed by atoms with E-state index in [1.807, 2.05) is 0 Å². The molecule has 456 valence electrons. The molecule has 6 N–H and O–H groups in total. The number of anilines is 9. The van der Waals surface area contributed by atoms with E-state index in [0.29, 0.717) is 11.1 Å². The van der Waals surface area contributed by atoms with E-state index in [0.717, 1.165) is 72.8 Å². The SMILES string of the molecule is O=S(=O)(O)c1ccc2c(c1)Oc1cc(S(=O)(=O)O)ccc1N2c1cc(-c2nc(-c3ccccc3)nc(-c3ccccc3)n2)cc(N2c3ccc(S(=O)(=O)O)cc3Oc3cc(S(=O)(=O)O)ccc32)c1N1c2ccc(S(=O)(=O)O)cc2Oc2cc(S(=O)(=O)O)ccc21. The molecule has 0 spiro atoms. The van der Waals surface area contributed by atoms with E-state index in [2.05, 4.69) is 0 Å². The molecule has 0 fully saturated rings. The monoisotopic (exact) mass is 1330 g/mol. The van der Waals surface area contributed by atoms with Gasteiger partial charge in [-0.15, -0.1) is 0 Å². The first kappa shape index (κ1) is 59.2. The number of hydrogen-bond acceptors (Lipinski definition) is 21. The minimum absolute atomic E-state index is 0.00456. The zero-order valence-electron chi connectivity index (χ0n) is 44.8. The summed E-state index contributed by atoms with van der Waals surface area (Å²) in [5.74, 6) is -2.50. The van der Waals surface area contributed by atoms with Gasteiger partial charge in [0.25, 0.3) is 60.7 Å². The van der Waals surface area contributed by atoms with Gasteiger partial charge in [-0.2, -0.15) is 50.5 Å². The third-order valence-corrected chi connectivity index (χ3v) is 19.3. The molecule has 3 aliphatic rings. The van der Waals surface area contributed by atoms with Crippen molar-refractivity contribution in [1.82, 2.24) is 15.0 Å². The molecular formula is C57H36N6O21S6. The average molecular weight is 1330 g/mol. The van der Waals surface area contributed by atoms with Crippen molar-refractivity contribution < 1.29 is 92.0 Å². The largest absolute Gasteiger partial charge is 0.453 e. The van der Waals surface area contributed by atoms with Gasteiger partial charge in [-0.25, -0.2) is 15.0 Å².